The number of nitrogens with zero attached hydrogens (tertiary/aromatic N) is 3. The lowest BCUT2D eigenvalue weighted by Gasteiger charge is -2.18. The maximum atomic E-state index is 4.97. The Morgan fingerprint density at radius 3 is 2.11 bits per heavy atom. The molecule has 0 unspecified atom stereocenters. The van der Waals surface area contributed by atoms with Crippen molar-refractivity contribution in [3.05, 3.63) is 119 Å². The van der Waals surface area contributed by atoms with E-state index in [9.17, 15) is 0 Å². The monoisotopic (exact) mass is 539 g/mol. The van der Waals surface area contributed by atoms with Crippen LogP contribution in [0, 0.1) is 0 Å². The van der Waals surface area contributed by atoms with Gasteiger partial charge in [0.1, 0.15) is 0 Å². The average Bonchev–Trinajstić information content (AvgIpc) is 2.97. The van der Waals surface area contributed by atoms with Crippen molar-refractivity contribution in [2.45, 2.75) is 12.8 Å². The summed E-state index contributed by atoms with van der Waals surface area (Å²) in [6.45, 7) is 0. The minimum absolute atomic E-state index is 0.648. The first kappa shape index (κ1) is 22.1. The average molecular weight is 540 g/mol. The van der Waals surface area contributed by atoms with Gasteiger partial charge in [-0.1, -0.05) is 113 Å². The van der Waals surface area contributed by atoms with Crippen molar-refractivity contribution in [1.29, 1.82) is 0 Å². The smallest absolute Gasteiger partial charge is 0.165 e. The van der Waals surface area contributed by atoms with E-state index >= 15 is 0 Å². The number of benzene rings is 5. The summed E-state index contributed by atoms with van der Waals surface area (Å²) in [5.74, 6) is 1.98. The molecule has 0 fully saturated rings. The lowest BCUT2D eigenvalue weighted by molar-refractivity contribution is 1.00. The number of allylic oxidation sites excluding steroid dienone is 1. The van der Waals surface area contributed by atoms with Crippen molar-refractivity contribution in [3.63, 3.8) is 0 Å². The topological polar surface area (TPSA) is 38.7 Å². The molecule has 0 amide bonds. The molecule has 6 aromatic rings. The third kappa shape index (κ3) is 3.85. The Hall–Kier alpha value is -4.15. The zero-order chi connectivity index (χ0) is 24.8. The van der Waals surface area contributed by atoms with Crippen molar-refractivity contribution in [2.24, 2.45) is 0 Å². The van der Waals surface area contributed by atoms with Crippen LogP contribution in [0.5, 0.6) is 0 Å². The molecule has 1 aliphatic rings. The fourth-order valence-corrected chi connectivity index (χ4v) is 5.76. The number of hydrogen-bond donors (Lipinski definition) is 0. The second kappa shape index (κ2) is 9.06. The Kier molecular flexibility index (Phi) is 5.40. The molecule has 3 nitrogen and oxygen atoms in total. The molecule has 7 rings (SSSR count). The SMILES string of the molecule is Brc1ccccc1-c1nc(-c2ccccc2)nc(-c2ccc3c4c(c5ccccc5c3c2)CCC=C4)n1. The number of halogens is 1. The summed E-state index contributed by atoms with van der Waals surface area (Å²) < 4.78 is 0.953. The van der Waals surface area contributed by atoms with Gasteiger partial charge in [0.05, 0.1) is 0 Å². The van der Waals surface area contributed by atoms with Gasteiger partial charge in [0.25, 0.3) is 0 Å². The molecule has 4 heteroatoms. The molecular formula is C33H22BrN3. The molecule has 1 aliphatic carbocycles. The van der Waals surface area contributed by atoms with Crippen LogP contribution in [0.25, 0.3) is 61.8 Å². The van der Waals surface area contributed by atoms with Gasteiger partial charge < -0.3 is 0 Å². The zero-order valence-electron chi connectivity index (χ0n) is 20.0. The van der Waals surface area contributed by atoms with Gasteiger partial charge in [-0.05, 0) is 57.6 Å². The molecule has 0 atom stereocenters. The summed E-state index contributed by atoms with van der Waals surface area (Å²) in [7, 11) is 0. The summed E-state index contributed by atoms with van der Waals surface area (Å²) in [6, 6.07) is 33.5. The largest absolute Gasteiger partial charge is 0.208 e. The van der Waals surface area contributed by atoms with Gasteiger partial charge in [0.2, 0.25) is 0 Å². The predicted octanol–water partition coefficient (Wildman–Crippen LogP) is 8.90. The van der Waals surface area contributed by atoms with E-state index in [1.807, 2.05) is 54.6 Å². The molecular weight excluding hydrogens is 518 g/mol. The lowest BCUT2D eigenvalue weighted by Crippen LogP contribution is -2.01. The van der Waals surface area contributed by atoms with Crippen LogP contribution in [0.1, 0.15) is 17.5 Å². The second-order valence-corrected chi connectivity index (χ2v) is 10.1. The quantitative estimate of drug-likeness (QED) is 0.211. The van der Waals surface area contributed by atoms with Crippen LogP contribution in [0.3, 0.4) is 0 Å². The van der Waals surface area contributed by atoms with Crippen molar-refractivity contribution in [3.8, 4) is 34.2 Å². The molecule has 0 aliphatic heterocycles. The molecule has 0 saturated carbocycles. The molecule has 176 valence electrons. The van der Waals surface area contributed by atoms with E-state index in [4.69, 9.17) is 15.0 Å². The number of aryl methyl sites for hydroxylation is 1. The van der Waals surface area contributed by atoms with Crippen LogP contribution >= 0.6 is 15.9 Å². The maximum absolute atomic E-state index is 4.97. The molecule has 0 saturated heterocycles. The Morgan fingerprint density at radius 2 is 1.27 bits per heavy atom. The molecule has 1 aromatic heterocycles. The van der Waals surface area contributed by atoms with E-state index in [1.165, 1.54) is 32.7 Å². The first-order valence-electron chi connectivity index (χ1n) is 12.5. The van der Waals surface area contributed by atoms with Gasteiger partial charge in [-0.25, -0.2) is 15.0 Å². The molecule has 0 N–H and O–H groups in total. The van der Waals surface area contributed by atoms with E-state index in [0.717, 1.165) is 34.0 Å². The van der Waals surface area contributed by atoms with E-state index in [1.54, 1.807) is 0 Å². The summed E-state index contributed by atoms with van der Waals surface area (Å²) in [4.78, 5) is 14.8. The Labute approximate surface area is 223 Å². The van der Waals surface area contributed by atoms with Crippen molar-refractivity contribution in [2.75, 3.05) is 0 Å². The van der Waals surface area contributed by atoms with Crippen LogP contribution in [0.4, 0.5) is 0 Å². The molecule has 1 heterocycles. The third-order valence-corrected chi connectivity index (χ3v) is 7.75. The Morgan fingerprint density at radius 1 is 0.568 bits per heavy atom. The highest BCUT2D eigenvalue weighted by Gasteiger charge is 2.17. The standard InChI is InChI=1S/C33H22BrN3/c34-30-17-9-8-16-28(30)33-36-31(21-10-2-1-3-11-21)35-32(37-33)22-18-19-27-25-14-5-4-12-23(25)24-13-6-7-15-26(24)29(27)20-22/h1-3,5-11,13-20H,4,12H2. The first-order chi connectivity index (χ1) is 18.3. The summed E-state index contributed by atoms with van der Waals surface area (Å²) in [5.41, 5.74) is 5.66. The van der Waals surface area contributed by atoms with E-state index < -0.39 is 0 Å². The van der Waals surface area contributed by atoms with Crippen LogP contribution in [0.2, 0.25) is 0 Å². The molecule has 0 radical (unpaired) electrons. The zero-order valence-corrected chi connectivity index (χ0v) is 21.6. The van der Waals surface area contributed by atoms with Gasteiger partial charge >= 0.3 is 0 Å². The fourth-order valence-electron chi connectivity index (χ4n) is 5.30. The second-order valence-electron chi connectivity index (χ2n) is 9.29. The number of rotatable bonds is 3. The predicted molar refractivity (Wildman–Crippen MR) is 156 cm³/mol. The first-order valence-corrected chi connectivity index (χ1v) is 13.3. The van der Waals surface area contributed by atoms with Gasteiger partial charge in [0.15, 0.2) is 17.5 Å². The molecule has 0 bridgehead atoms. The van der Waals surface area contributed by atoms with Crippen molar-refractivity contribution in [1.82, 2.24) is 15.0 Å². The minimum Gasteiger partial charge on any atom is -0.208 e. The fraction of sp³-hybridized carbons (Fsp3) is 0.0606. The number of hydrogen-bond acceptors (Lipinski definition) is 3. The van der Waals surface area contributed by atoms with Gasteiger partial charge in [-0.3, -0.25) is 0 Å². The summed E-state index contributed by atoms with van der Waals surface area (Å²) >= 11 is 3.68. The van der Waals surface area contributed by atoms with Crippen LogP contribution < -0.4 is 0 Å². The highest BCUT2D eigenvalue weighted by molar-refractivity contribution is 9.10. The van der Waals surface area contributed by atoms with E-state index in [2.05, 4.69) is 70.5 Å². The van der Waals surface area contributed by atoms with Crippen molar-refractivity contribution >= 4 is 43.6 Å². The van der Waals surface area contributed by atoms with Crippen molar-refractivity contribution < 1.29 is 0 Å². The maximum Gasteiger partial charge on any atom is 0.165 e. The number of fused-ring (bicyclic) bond motifs is 6. The van der Waals surface area contributed by atoms with E-state index in [-0.39, 0.29) is 0 Å². The minimum atomic E-state index is 0.648. The normalized spacial score (nSPS) is 12.7. The van der Waals surface area contributed by atoms with Crippen LogP contribution in [-0.2, 0) is 6.42 Å². The molecule has 37 heavy (non-hydrogen) atoms. The Bertz CT molecular complexity index is 1840. The van der Waals surface area contributed by atoms with Gasteiger partial charge in [-0.15, -0.1) is 0 Å². The third-order valence-electron chi connectivity index (χ3n) is 7.06. The highest BCUT2D eigenvalue weighted by Crippen LogP contribution is 2.38. The molecule has 0 spiro atoms. The van der Waals surface area contributed by atoms with Crippen LogP contribution in [-0.4, -0.2) is 15.0 Å². The van der Waals surface area contributed by atoms with Gasteiger partial charge in [-0.2, -0.15) is 0 Å². The number of aromatic nitrogens is 3. The van der Waals surface area contributed by atoms with E-state index in [0.29, 0.717) is 17.5 Å². The molecule has 5 aromatic carbocycles. The summed E-state index contributed by atoms with van der Waals surface area (Å²) in [6.07, 6.45) is 6.74. The highest BCUT2D eigenvalue weighted by atomic mass is 79.9. The summed E-state index contributed by atoms with van der Waals surface area (Å²) in [5, 5.41) is 5.11. The Balaban J connectivity index is 1.49. The van der Waals surface area contributed by atoms with Crippen LogP contribution in [0.15, 0.2) is 108 Å². The lowest BCUT2D eigenvalue weighted by atomic mass is 9.86. The van der Waals surface area contributed by atoms with Gasteiger partial charge in [0, 0.05) is 21.2 Å².